The average Bonchev–Trinajstić information content (AvgIpc) is 2.10. The number of carbonyl (C=O) groups excluding carboxylic acids is 1. The Kier molecular flexibility index (Phi) is 5.90. The molecule has 0 saturated heterocycles. The van der Waals surface area contributed by atoms with Gasteiger partial charge in [0.05, 0.1) is 12.2 Å². The van der Waals surface area contributed by atoms with Crippen LogP contribution in [0.2, 0.25) is 0 Å². The van der Waals surface area contributed by atoms with Crippen LogP contribution in [0.5, 0.6) is 0 Å². The van der Waals surface area contributed by atoms with Gasteiger partial charge in [-0.1, -0.05) is 13.3 Å². The van der Waals surface area contributed by atoms with Crippen molar-refractivity contribution in [2.45, 2.75) is 32.8 Å². The number of hydrogen-bond donors (Lipinski definition) is 2. The zero-order valence-corrected chi connectivity index (χ0v) is 8.08. The maximum atomic E-state index is 11.2. The Morgan fingerprint density at radius 3 is 2.69 bits per heavy atom. The molecule has 13 heavy (non-hydrogen) atoms. The zero-order valence-electron chi connectivity index (χ0n) is 8.08. The molecule has 2 atom stereocenters. The second-order valence-electron chi connectivity index (χ2n) is 3.06. The highest BCUT2D eigenvalue weighted by molar-refractivity contribution is 5.80. The lowest BCUT2D eigenvalue weighted by Crippen LogP contribution is -2.34. The fourth-order valence-corrected chi connectivity index (χ4v) is 0.914. The molecule has 0 bridgehead atoms. The topological polar surface area (TPSA) is 73.1 Å². The minimum absolute atomic E-state index is 0.209. The second-order valence-corrected chi connectivity index (χ2v) is 3.06. The van der Waals surface area contributed by atoms with Crippen LogP contribution in [0.4, 0.5) is 0 Å². The highest BCUT2D eigenvalue weighted by atomic mass is 16.3. The molecule has 0 spiro atoms. The van der Waals surface area contributed by atoms with E-state index in [-0.39, 0.29) is 12.5 Å². The highest BCUT2D eigenvalue weighted by Crippen LogP contribution is 2.04. The van der Waals surface area contributed by atoms with Crippen LogP contribution in [0, 0.1) is 17.2 Å². The van der Waals surface area contributed by atoms with Crippen LogP contribution >= 0.6 is 0 Å². The maximum absolute atomic E-state index is 11.2. The fraction of sp³-hybridized carbons (Fsp3) is 0.778. The molecule has 1 unspecified atom stereocenters. The van der Waals surface area contributed by atoms with Crippen molar-refractivity contribution in [3.8, 4) is 6.07 Å². The van der Waals surface area contributed by atoms with E-state index in [2.05, 4.69) is 5.32 Å². The number of aliphatic hydroxyl groups is 1. The summed E-state index contributed by atoms with van der Waals surface area (Å²) in [5, 5.41) is 20.0. The van der Waals surface area contributed by atoms with Crippen LogP contribution in [-0.4, -0.2) is 23.7 Å². The zero-order chi connectivity index (χ0) is 10.3. The number of nitrogens with zero attached hydrogens (tertiary/aromatic N) is 1. The predicted octanol–water partition coefficient (Wildman–Crippen LogP) is 0.423. The number of nitriles is 1. The van der Waals surface area contributed by atoms with Crippen molar-refractivity contribution < 1.29 is 9.90 Å². The fourth-order valence-electron chi connectivity index (χ4n) is 0.914. The summed E-state index contributed by atoms with van der Waals surface area (Å²) in [5.74, 6) is -0.867. The molecule has 0 heterocycles. The van der Waals surface area contributed by atoms with E-state index in [1.807, 2.05) is 13.0 Å². The van der Waals surface area contributed by atoms with E-state index in [0.717, 1.165) is 6.42 Å². The number of rotatable bonds is 5. The van der Waals surface area contributed by atoms with Gasteiger partial charge in [-0.15, -0.1) is 0 Å². The van der Waals surface area contributed by atoms with Gasteiger partial charge in [0.2, 0.25) is 5.91 Å². The van der Waals surface area contributed by atoms with Crippen molar-refractivity contribution in [1.29, 1.82) is 5.26 Å². The molecule has 0 rings (SSSR count). The van der Waals surface area contributed by atoms with Gasteiger partial charge >= 0.3 is 0 Å². The van der Waals surface area contributed by atoms with Crippen LogP contribution in [0.15, 0.2) is 0 Å². The summed E-state index contributed by atoms with van der Waals surface area (Å²) in [6.07, 6.45) is 0.813. The Balaban J connectivity index is 3.86. The molecule has 0 aliphatic heterocycles. The van der Waals surface area contributed by atoms with Crippen LogP contribution in [-0.2, 0) is 4.79 Å². The first-order valence-corrected chi connectivity index (χ1v) is 4.47. The lowest BCUT2D eigenvalue weighted by molar-refractivity contribution is -0.124. The van der Waals surface area contributed by atoms with Crippen LogP contribution < -0.4 is 5.32 Å². The summed E-state index contributed by atoms with van der Waals surface area (Å²) in [7, 11) is 0. The molecule has 0 aliphatic rings. The third-order valence-electron chi connectivity index (χ3n) is 1.62. The van der Waals surface area contributed by atoms with Gasteiger partial charge in [0.15, 0.2) is 0 Å². The van der Waals surface area contributed by atoms with Gasteiger partial charge < -0.3 is 10.4 Å². The molecule has 2 N–H and O–H groups in total. The van der Waals surface area contributed by atoms with Gasteiger partial charge in [0, 0.05) is 6.54 Å². The smallest absolute Gasteiger partial charge is 0.237 e. The number of hydrogen-bond acceptors (Lipinski definition) is 3. The van der Waals surface area contributed by atoms with E-state index >= 15 is 0 Å². The molecule has 1 amide bonds. The van der Waals surface area contributed by atoms with Crippen molar-refractivity contribution in [3.05, 3.63) is 0 Å². The number of amides is 1. The molecule has 0 aromatic heterocycles. The minimum Gasteiger partial charge on any atom is -0.392 e. The quantitative estimate of drug-likeness (QED) is 0.650. The Hall–Kier alpha value is -1.08. The van der Waals surface area contributed by atoms with E-state index < -0.39 is 12.0 Å². The monoisotopic (exact) mass is 184 g/mol. The minimum atomic E-state index is -0.580. The van der Waals surface area contributed by atoms with Gasteiger partial charge in [-0.2, -0.15) is 5.26 Å². The van der Waals surface area contributed by atoms with Crippen LogP contribution in [0.3, 0.4) is 0 Å². The molecule has 0 fully saturated rings. The standard InChI is InChI=1S/C9H16N2O2/c1-3-4-8(5-10)9(13)11-6-7(2)12/h7-8,12H,3-4,6H2,1-2H3,(H,11,13)/t7-,8?/m1/s1. The highest BCUT2D eigenvalue weighted by Gasteiger charge is 2.16. The molecule has 0 aromatic rings. The lowest BCUT2D eigenvalue weighted by atomic mass is 10.1. The first-order valence-electron chi connectivity index (χ1n) is 4.47. The van der Waals surface area contributed by atoms with Crippen molar-refractivity contribution in [3.63, 3.8) is 0 Å². The molecule has 4 heteroatoms. The van der Waals surface area contributed by atoms with Crippen molar-refractivity contribution >= 4 is 5.91 Å². The van der Waals surface area contributed by atoms with Crippen molar-refractivity contribution in [1.82, 2.24) is 5.32 Å². The average molecular weight is 184 g/mol. The molecular weight excluding hydrogens is 168 g/mol. The molecule has 74 valence electrons. The molecular formula is C9H16N2O2. The molecule has 0 aliphatic carbocycles. The van der Waals surface area contributed by atoms with Gasteiger partial charge in [0.25, 0.3) is 0 Å². The normalized spacial score (nSPS) is 14.3. The van der Waals surface area contributed by atoms with Crippen molar-refractivity contribution in [2.24, 2.45) is 5.92 Å². The summed E-state index contributed by atoms with van der Waals surface area (Å²) in [6.45, 7) is 3.72. The van der Waals surface area contributed by atoms with Gasteiger partial charge in [0.1, 0.15) is 5.92 Å². The Morgan fingerprint density at radius 1 is 1.69 bits per heavy atom. The third kappa shape index (κ3) is 5.21. The predicted molar refractivity (Wildman–Crippen MR) is 48.7 cm³/mol. The van der Waals surface area contributed by atoms with Gasteiger partial charge in [-0.05, 0) is 13.3 Å². The van der Waals surface area contributed by atoms with E-state index in [1.165, 1.54) is 0 Å². The van der Waals surface area contributed by atoms with Crippen LogP contribution in [0.25, 0.3) is 0 Å². The summed E-state index contributed by atoms with van der Waals surface area (Å²) in [6, 6.07) is 1.93. The Labute approximate surface area is 78.6 Å². The molecule has 0 aromatic carbocycles. The lowest BCUT2D eigenvalue weighted by Gasteiger charge is -2.10. The number of nitrogens with one attached hydrogen (secondary N) is 1. The molecule has 0 saturated carbocycles. The van der Waals surface area contributed by atoms with Gasteiger partial charge in [-0.3, -0.25) is 4.79 Å². The molecule has 0 radical (unpaired) electrons. The number of carbonyl (C=O) groups is 1. The van der Waals surface area contributed by atoms with E-state index in [4.69, 9.17) is 10.4 Å². The third-order valence-corrected chi connectivity index (χ3v) is 1.62. The second kappa shape index (κ2) is 6.44. The first kappa shape index (κ1) is 11.9. The SMILES string of the molecule is CCCC(C#N)C(=O)NC[C@@H](C)O. The first-order chi connectivity index (χ1) is 6.11. The molecule has 4 nitrogen and oxygen atoms in total. The number of aliphatic hydroxyl groups excluding tert-OH is 1. The van der Waals surface area contributed by atoms with Crippen molar-refractivity contribution in [2.75, 3.05) is 6.54 Å². The van der Waals surface area contributed by atoms with Gasteiger partial charge in [-0.25, -0.2) is 0 Å². The summed E-state index contributed by atoms with van der Waals surface area (Å²) in [4.78, 5) is 11.2. The summed E-state index contributed by atoms with van der Waals surface area (Å²) >= 11 is 0. The summed E-state index contributed by atoms with van der Waals surface area (Å²) in [5.41, 5.74) is 0. The Morgan fingerprint density at radius 2 is 2.31 bits per heavy atom. The van der Waals surface area contributed by atoms with Crippen LogP contribution in [0.1, 0.15) is 26.7 Å². The van der Waals surface area contributed by atoms with E-state index in [1.54, 1.807) is 6.92 Å². The van der Waals surface area contributed by atoms with E-state index in [9.17, 15) is 4.79 Å². The largest absolute Gasteiger partial charge is 0.392 e. The Bertz CT molecular complexity index is 196. The summed E-state index contributed by atoms with van der Waals surface area (Å²) < 4.78 is 0. The maximum Gasteiger partial charge on any atom is 0.237 e. The van der Waals surface area contributed by atoms with E-state index in [0.29, 0.717) is 6.42 Å².